The molecule has 5 nitrogen and oxygen atoms in total. The molecule has 1 unspecified atom stereocenters. The fourth-order valence-electron chi connectivity index (χ4n) is 2.15. The van der Waals surface area contributed by atoms with Crippen molar-refractivity contribution in [3.8, 4) is 0 Å². The fourth-order valence-corrected chi connectivity index (χ4v) is 2.15. The van der Waals surface area contributed by atoms with Crippen molar-refractivity contribution >= 4 is 29.9 Å². The highest BCUT2D eigenvalue weighted by atomic mass is 127. The van der Waals surface area contributed by atoms with Crippen LogP contribution in [0.4, 0.5) is 0 Å². The van der Waals surface area contributed by atoms with Gasteiger partial charge in [-0.1, -0.05) is 30.3 Å². The van der Waals surface area contributed by atoms with Crippen molar-refractivity contribution in [3.05, 3.63) is 35.9 Å². The molecule has 0 aliphatic heterocycles. The van der Waals surface area contributed by atoms with Gasteiger partial charge in [-0.2, -0.15) is 0 Å². The molecule has 1 rings (SSSR count). The van der Waals surface area contributed by atoms with Crippen molar-refractivity contribution in [2.75, 3.05) is 40.5 Å². The van der Waals surface area contributed by atoms with E-state index in [1.807, 2.05) is 0 Å². The summed E-state index contributed by atoms with van der Waals surface area (Å²) >= 11 is 0. The van der Waals surface area contributed by atoms with Gasteiger partial charge in [-0.05, 0) is 31.7 Å². The number of aryl methyl sites for hydroxylation is 1. The number of rotatable bonds is 11. The molecule has 0 spiro atoms. The smallest absolute Gasteiger partial charge is 0.191 e. The molecule has 0 bridgehead atoms. The Morgan fingerprint density at radius 2 is 1.92 bits per heavy atom. The number of halogens is 1. The van der Waals surface area contributed by atoms with Crippen molar-refractivity contribution in [3.63, 3.8) is 0 Å². The molecule has 1 atom stereocenters. The number of hydrogen-bond acceptors (Lipinski definition) is 3. The molecule has 1 aromatic rings. The summed E-state index contributed by atoms with van der Waals surface area (Å²) in [6, 6.07) is 10.9. The monoisotopic (exact) mass is 449 g/mol. The summed E-state index contributed by atoms with van der Waals surface area (Å²) in [5.74, 6) is 0.849. The minimum absolute atomic E-state index is 0. The summed E-state index contributed by atoms with van der Waals surface area (Å²) in [5.41, 5.74) is 1.37. The van der Waals surface area contributed by atoms with E-state index < -0.39 is 0 Å². The maximum absolute atomic E-state index is 5.43. The van der Waals surface area contributed by atoms with Gasteiger partial charge in [0.15, 0.2) is 5.96 Å². The third kappa shape index (κ3) is 11.6. The topological polar surface area (TPSA) is 54.9 Å². The molecule has 138 valence electrons. The molecule has 24 heavy (non-hydrogen) atoms. The molecule has 0 heterocycles. The van der Waals surface area contributed by atoms with Crippen molar-refractivity contribution in [2.24, 2.45) is 4.99 Å². The summed E-state index contributed by atoms with van der Waals surface area (Å²) in [6.45, 7) is 5.06. The van der Waals surface area contributed by atoms with Crippen LogP contribution in [0.3, 0.4) is 0 Å². The van der Waals surface area contributed by atoms with E-state index in [1.54, 1.807) is 14.2 Å². The molecular weight excluding hydrogens is 417 g/mol. The van der Waals surface area contributed by atoms with Crippen LogP contribution in [0, 0.1) is 0 Å². The van der Waals surface area contributed by atoms with Gasteiger partial charge >= 0.3 is 0 Å². The van der Waals surface area contributed by atoms with Gasteiger partial charge in [0.1, 0.15) is 0 Å². The van der Waals surface area contributed by atoms with Crippen LogP contribution in [-0.2, 0) is 15.9 Å². The molecule has 0 radical (unpaired) electrons. The Balaban J connectivity index is 0.00000529. The minimum atomic E-state index is 0. The molecule has 2 N–H and O–H groups in total. The Kier molecular flexibility index (Phi) is 15.1. The first-order chi connectivity index (χ1) is 11.3. The van der Waals surface area contributed by atoms with Gasteiger partial charge in [-0.15, -0.1) is 24.0 Å². The Morgan fingerprint density at radius 3 is 2.58 bits per heavy atom. The average molecular weight is 449 g/mol. The first-order valence-corrected chi connectivity index (χ1v) is 8.34. The van der Waals surface area contributed by atoms with E-state index >= 15 is 0 Å². The van der Waals surface area contributed by atoms with Crippen LogP contribution in [0.25, 0.3) is 0 Å². The molecule has 0 aliphatic carbocycles. The zero-order valence-electron chi connectivity index (χ0n) is 15.1. The Bertz CT molecular complexity index is 430. The SMILES string of the molecule is CN=C(NCCCOCCOC)NC(C)CCc1ccccc1.I. The molecule has 0 saturated carbocycles. The Labute approximate surface area is 163 Å². The zero-order chi connectivity index (χ0) is 16.8. The predicted octanol–water partition coefficient (Wildman–Crippen LogP) is 2.84. The standard InChI is InChI=1S/C18H31N3O2.HI/c1-16(10-11-17-8-5-4-6-9-17)21-18(19-2)20-12-7-13-23-15-14-22-3;/h4-6,8-9,16H,7,10-15H2,1-3H3,(H2,19,20,21);1H. The molecular formula is C18H32IN3O2. The van der Waals surface area contributed by atoms with E-state index in [9.17, 15) is 0 Å². The largest absolute Gasteiger partial charge is 0.382 e. The van der Waals surface area contributed by atoms with Crippen LogP contribution in [0.5, 0.6) is 0 Å². The highest BCUT2D eigenvalue weighted by Gasteiger charge is 2.05. The molecule has 0 amide bonds. The summed E-state index contributed by atoms with van der Waals surface area (Å²) < 4.78 is 10.4. The van der Waals surface area contributed by atoms with E-state index in [2.05, 4.69) is 52.9 Å². The highest BCUT2D eigenvalue weighted by molar-refractivity contribution is 14.0. The first kappa shape index (κ1) is 23.1. The molecule has 6 heteroatoms. The predicted molar refractivity (Wildman–Crippen MR) is 111 cm³/mol. The van der Waals surface area contributed by atoms with Crippen molar-refractivity contribution in [1.29, 1.82) is 0 Å². The number of hydrogen-bond donors (Lipinski definition) is 2. The maximum Gasteiger partial charge on any atom is 0.191 e. The first-order valence-electron chi connectivity index (χ1n) is 8.34. The van der Waals surface area contributed by atoms with Gasteiger partial charge in [-0.25, -0.2) is 0 Å². The lowest BCUT2D eigenvalue weighted by Crippen LogP contribution is -2.42. The van der Waals surface area contributed by atoms with Gasteiger partial charge in [0.05, 0.1) is 13.2 Å². The third-order valence-electron chi connectivity index (χ3n) is 3.51. The van der Waals surface area contributed by atoms with Crippen LogP contribution < -0.4 is 10.6 Å². The van der Waals surface area contributed by atoms with Crippen molar-refractivity contribution in [2.45, 2.75) is 32.2 Å². The van der Waals surface area contributed by atoms with Crippen LogP contribution in [0.1, 0.15) is 25.3 Å². The lowest BCUT2D eigenvalue weighted by atomic mass is 10.1. The van der Waals surface area contributed by atoms with E-state index in [4.69, 9.17) is 9.47 Å². The third-order valence-corrected chi connectivity index (χ3v) is 3.51. The second kappa shape index (κ2) is 15.7. The van der Waals surface area contributed by atoms with Crippen LogP contribution in [-0.4, -0.2) is 52.5 Å². The van der Waals surface area contributed by atoms with Crippen molar-refractivity contribution in [1.82, 2.24) is 10.6 Å². The average Bonchev–Trinajstić information content (AvgIpc) is 2.59. The Morgan fingerprint density at radius 1 is 1.17 bits per heavy atom. The van der Waals surface area contributed by atoms with Gasteiger partial charge < -0.3 is 20.1 Å². The van der Waals surface area contributed by atoms with Crippen LogP contribution in [0.2, 0.25) is 0 Å². The van der Waals surface area contributed by atoms with E-state index in [0.717, 1.165) is 38.4 Å². The number of nitrogens with one attached hydrogen (secondary N) is 2. The van der Waals surface area contributed by atoms with Crippen LogP contribution >= 0.6 is 24.0 Å². The number of guanidine groups is 1. The lowest BCUT2D eigenvalue weighted by Gasteiger charge is -2.18. The minimum Gasteiger partial charge on any atom is -0.382 e. The number of nitrogens with zero attached hydrogens (tertiary/aromatic N) is 1. The van der Waals surface area contributed by atoms with Gasteiger partial charge in [0.25, 0.3) is 0 Å². The van der Waals surface area contributed by atoms with E-state index in [0.29, 0.717) is 19.3 Å². The quantitative estimate of drug-likeness (QED) is 0.236. The number of methoxy groups -OCH3 is 1. The summed E-state index contributed by atoms with van der Waals surface area (Å²) in [5, 5.41) is 6.74. The molecule has 0 saturated heterocycles. The van der Waals surface area contributed by atoms with Crippen molar-refractivity contribution < 1.29 is 9.47 Å². The summed E-state index contributed by atoms with van der Waals surface area (Å²) in [6.07, 6.45) is 3.09. The lowest BCUT2D eigenvalue weighted by molar-refractivity contribution is 0.0698. The van der Waals surface area contributed by atoms with E-state index in [-0.39, 0.29) is 24.0 Å². The summed E-state index contributed by atoms with van der Waals surface area (Å²) in [7, 11) is 3.48. The van der Waals surface area contributed by atoms with Gasteiger partial charge in [0, 0.05) is 33.4 Å². The highest BCUT2D eigenvalue weighted by Crippen LogP contribution is 2.04. The Hall–Kier alpha value is -0.860. The summed E-state index contributed by atoms with van der Waals surface area (Å²) in [4.78, 5) is 4.26. The zero-order valence-corrected chi connectivity index (χ0v) is 17.4. The van der Waals surface area contributed by atoms with Crippen LogP contribution in [0.15, 0.2) is 35.3 Å². The maximum atomic E-state index is 5.43. The second-order valence-corrected chi connectivity index (χ2v) is 5.53. The van der Waals surface area contributed by atoms with Gasteiger partial charge in [0.2, 0.25) is 0 Å². The normalized spacial score (nSPS) is 12.4. The van der Waals surface area contributed by atoms with Gasteiger partial charge in [-0.3, -0.25) is 4.99 Å². The molecule has 1 aromatic carbocycles. The number of aliphatic imine (C=N–C) groups is 1. The molecule has 0 aliphatic rings. The fraction of sp³-hybridized carbons (Fsp3) is 0.611. The molecule has 0 fully saturated rings. The number of benzene rings is 1. The molecule has 0 aromatic heterocycles. The second-order valence-electron chi connectivity index (χ2n) is 5.53. The van der Waals surface area contributed by atoms with E-state index in [1.165, 1.54) is 5.56 Å². The number of ether oxygens (including phenoxy) is 2.